The van der Waals surface area contributed by atoms with Crippen LogP contribution in [0.5, 0.6) is 0 Å². The van der Waals surface area contributed by atoms with Gasteiger partial charge in [-0.25, -0.2) is 0 Å². The number of rotatable bonds is 1. The SMILES string of the molecule is NC1=CC(CO)=CCC1. The summed E-state index contributed by atoms with van der Waals surface area (Å²) in [7, 11) is 0. The Labute approximate surface area is 54.7 Å². The molecule has 0 saturated carbocycles. The summed E-state index contributed by atoms with van der Waals surface area (Å²) in [6.07, 6.45) is 5.75. The van der Waals surface area contributed by atoms with Crippen molar-refractivity contribution in [3.63, 3.8) is 0 Å². The van der Waals surface area contributed by atoms with Gasteiger partial charge >= 0.3 is 0 Å². The summed E-state index contributed by atoms with van der Waals surface area (Å²) in [5.74, 6) is 0. The molecule has 0 radical (unpaired) electrons. The van der Waals surface area contributed by atoms with Crippen LogP contribution < -0.4 is 5.73 Å². The van der Waals surface area contributed by atoms with Gasteiger partial charge < -0.3 is 10.8 Å². The van der Waals surface area contributed by atoms with Crippen LogP contribution in [0, 0.1) is 0 Å². The molecule has 0 bridgehead atoms. The Balaban J connectivity index is 2.63. The molecule has 2 nitrogen and oxygen atoms in total. The Morgan fingerprint density at radius 2 is 2.44 bits per heavy atom. The Morgan fingerprint density at radius 3 is 2.89 bits per heavy atom. The van der Waals surface area contributed by atoms with Crippen molar-refractivity contribution in [2.45, 2.75) is 12.8 Å². The molecule has 0 spiro atoms. The Bertz CT molecular complexity index is 158. The zero-order chi connectivity index (χ0) is 6.69. The molecule has 0 atom stereocenters. The van der Waals surface area contributed by atoms with E-state index in [1.54, 1.807) is 0 Å². The number of aliphatic hydroxyl groups excluding tert-OH is 1. The van der Waals surface area contributed by atoms with Crippen LogP contribution in [0.15, 0.2) is 23.4 Å². The lowest BCUT2D eigenvalue weighted by Crippen LogP contribution is -2.02. The molecule has 0 fully saturated rings. The molecule has 0 saturated heterocycles. The Hall–Kier alpha value is -0.760. The zero-order valence-corrected chi connectivity index (χ0v) is 5.30. The fourth-order valence-corrected chi connectivity index (χ4v) is 0.904. The van der Waals surface area contributed by atoms with E-state index in [1.165, 1.54) is 0 Å². The summed E-state index contributed by atoms with van der Waals surface area (Å²) in [6, 6.07) is 0. The van der Waals surface area contributed by atoms with Crippen molar-refractivity contribution in [2.24, 2.45) is 5.73 Å². The molecule has 1 rings (SSSR count). The van der Waals surface area contributed by atoms with Crippen molar-refractivity contribution in [3.05, 3.63) is 23.4 Å². The van der Waals surface area contributed by atoms with Crippen molar-refractivity contribution in [1.29, 1.82) is 0 Å². The topological polar surface area (TPSA) is 46.2 Å². The normalized spacial score (nSPS) is 18.8. The summed E-state index contributed by atoms with van der Waals surface area (Å²) in [4.78, 5) is 0. The minimum Gasteiger partial charge on any atom is -0.402 e. The number of nitrogens with two attached hydrogens (primary N) is 1. The number of hydrogen-bond donors (Lipinski definition) is 2. The van der Waals surface area contributed by atoms with Gasteiger partial charge in [0, 0.05) is 5.70 Å². The van der Waals surface area contributed by atoms with Gasteiger partial charge in [-0.2, -0.15) is 0 Å². The van der Waals surface area contributed by atoms with Crippen molar-refractivity contribution in [2.75, 3.05) is 6.61 Å². The number of allylic oxidation sites excluding steroid dienone is 2. The summed E-state index contributed by atoms with van der Waals surface area (Å²) in [5.41, 5.74) is 7.33. The van der Waals surface area contributed by atoms with Crippen LogP contribution in [0.2, 0.25) is 0 Å². The second kappa shape index (κ2) is 2.69. The van der Waals surface area contributed by atoms with Crippen molar-refractivity contribution >= 4 is 0 Å². The van der Waals surface area contributed by atoms with Crippen molar-refractivity contribution in [1.82, 2.24) is 0 Å². The predicted molar refractivity (Wildman–Crippen MR) is 36.7 cm³/mol. The van der Waals surface area contributed by atoms with Crippen LogP contribution >= 0.6 is 0 Å². The molecule has 0 aromatic heterocycles. The number of hydrogen-bond acceptors (Lipinski definition) is 2. The average Bonchev–Trinajstić information content (AvgIpc) is 1.88. The molecular weight excluding hydrogens is 114 g/mol. The van der Waals surface area contributed by atoms with Gasteiger partial charge in [0.05, 0.1) is 6.61 Å². The summed E-state index contributed by atoms with van der Waals surface area (Å²) in [6.45, 7) is 0.112. The van der Waals surface area contributed by atoms with Crippen LogP contribution in [0.4, 0.5) is 0 Å². The standard InChI is InChI=1S/C7H11NO/c8-7-3-1-2-6(4-7)5-9/h2,4,9H,1,3,5,8H2. The maximum absolute atomic E-state index is 8.64. The van der Waals surface area contributed by atoms with Gasteiger partial charge in [0.2, 0.25) is 0 Å². The molecule has 1 aliphatic carbocycles. The third-order valence-electron chi connectivity index (χ3n) is 1.39. The maximum atomic E-state index is 8.64. The molecule has 0 aromatic rings. The molecule has 0 amide bonds. The highest BCUT2D eigenvalue weighted by Crippen LogP contribution is 2.11. The van der Waals surface area contributed by atoms with Crippen LogP contribution in [-0.4, -0.2) is 11.7 Å². The minimum absolute atomic E-state index is 0.112. The Kier molecular flexibility index (Phi) is 1.90. The van der Waals surface area contributed by atoms with Gasteiger partial charge in [-0.3, -0.25) is 0 Å². The van der Waals surface area contributed by atoms with E-state index < -0.39 is 0 Å². The first kappa shape index (κ1) is 6.36. The molecule has 1 aliphatic rings. The van der Waals surface area contributed by atoms with E-state index in [0.717, 1.165) is 24.1 Å². The summed E-state index contributed by atoms with van der Waals surface area (Å²) >= 11 is 0. The average molecular weight is 125 g/mol. The third-order valence-corrected chi connectivity index (χ3v) is 1.39. The second-order valence-corrected chi connectivity index (χ2v) is 2.20. The van der Waals surface area contributed by atoms with Crippen LogP contribution in [0.1, 0.15) is 12.8 Å². The first-order valence-electron chi connectivity index (χ1n) is 3.09. The van der Waals surface area contributed by atoms with Crippen LogP contribution in [-0.2, 0) is 0 Å². The fraction of sp³-hybridized carbons (Fsp3) is 0.429. The second-order valence-electron chi connectivity index (χ2n) is 2.20. The van der Waals surface area contributed by atoms with Gasteiger partial charge in [-0.05, 0) is 24.5 Å². The lowest BCUT2D eigenvalue weighted by atomic mass is 10.1. The maximum Gasteiger partial charge on any atom is 0.0679 e. The van der Waals surface area contributed by atoms with E-state index in [0.29, 0.717) is 0 Å². The molecule has 0 heterocycles. The lowest BCUT2D eigenvalue weighted by molar-refractivity contribution is 0.334. The van der Waals surface area contributed by atoms with E-state index in [2.05, 4.69) is 0 Å². The zero-order valence-electron chi connectivity index (χ0n) is 5.30. The highest BCUT2D eigenvalue weighted by molar-refractivity contribution is 5.26. The molecule has 2 heteroatoms. The monoisotopic (exact) mass is 125 g/mol. The van der Waals surface area contributed by atoms with E-state index in [-0.39, 0.29) is 6.61 Å². The summed E-state index contributed by atoms with van der Waals surface area (Å²) < 4.78 is 0. The smallest absolute Gasteiger partial charge is 0.0679 e. The first-order valence-corrected chi connectivity index (χ1v) is 3.09. The van der Waals surface area contributed by atoms with Crippen molar-refractivity contribution in [3.8, 4) is 0 Å². The van der Waals surface area contributed by atoms with Gasteiger partial charge in [0.25, 0.3) is 0 Å². The van der Waals surface area contributed by atoms with E-state index >= 15 is 0 Å². The molecule has 50 valence electrons. The van der Waals surface area contributed by atoms with Gasteiger partial charge in [-0.1, -0.05) is 6.08 Å². The quantitative estimate of drug-likeness (QED) is 0.537. The third kappa shape index (κ3) is 1.57. The largest absolute Gasteiger partial charge is 0.402 e. The van der Waals surface area contributed by atoms with E-state index in [1.807, 2.05) is 12.2 Å². The Morgan fingerprint density at radius 1 is 1.67 bits per heavy atom. The highest BCUT2D eigenvalue weighted by Gasteiger charge is 1.99. The molecule has 3 N–H and O–H groups in total. The molecule has 0 aromatic carbocycles. The summed E-state index contributed by atoms with van der Waals surface area (Å²) in [5, 5.41) is 8.64. The first-order chi connectivity index (χ1) is 4.33. The van der Waals surface area contributed by atoms with E-state index in [9.17, 15) is 0 Å². The molecular formula is C7H11NO. The van der Waals surface area contributed by atoms with Gasteiger partial charge in [-0.15, -0.1) is 0 Å². The highest BCUT2D eigenvalue weighted by atomic mass is 16.3. The minimum atomic E-state index is 0.112. The van der Waals surface area contributed by atoms with Crippen LogP contribution in [0.25, 0.3) is 0 Å². The van der Waals surface area contributed by atoms with E-state index in [4.69, 9.17) is 10.8 Å². The van der Waals surface area contributed by atoms with Crippen LogP contribution in [0.3, 0.4) is 0 Å². The molecule has 0 unspecified atom stereocenters. The fourth-order valence-electron chi connectivity index (χ4n) is 0.904. The van der Waals surface area contributed by atoms with Crippen molar-refractivity contribution < 1.29 is 5.11 Å². The van der Waals surface area contributed by atoms with Gasteiger partial charge in [0.1, 0.15) is 0 Å². The van der Waals surface area contributed by atoms with Gasteiger partial charge in [0.15, 0.2) is 0 Å². The molecule has 9 heavy (non-hydrogen) atoms. The lowest BCUT2D eigenvalue weighted by Gasteiger charge is -2.06. The predicted octanol–water partition coefficient (Wildman–Crippen LogP) is 0.542. The number of aliphatic hydroxyl groups is 1. The molecule has 0 aliphatic heterocycles.